The topological polar surface area (TPSA) is 29.9 Å². The van der Waals surface area contributed by atoms with Gasteiger partial charge in [-0.15, -0.1) is 0 Å². The van der Waals surface area contributed by atoms with Gasteiger partial charge in [-0.1, -0.05) is 33.6 Å². The van der Waals surface area contributed by atoms with Crippen LogP contribution in [0.25, 0.3) is 0 Å². The summed E-state index contributed by atoms with van der Waals surface area (Å²) in [7, 11) is 1.89. The Kier molecular flexibility index (Phi) is 3.74. The molecule has 1 aromatic carbocycles. The van der Waals surface area contributed by atoms with Crippen LogP contribution in [0.3, 0.4) is 0 Å². The van der Waals surface area contributed by atoms with E-state index in [0.29, 0.717) is 0 Å². The van der Waals surface area contributed by atoms with Crippen LogP contribution in [0, 0.1) is 0 Å². The van der Waals surface area contributed by atoms with Crippen molar-refractivity contribution in [2.24, 2.45) is 7.05 Å². The molecule has 0 radical (unpaired) electrons. The van der Waals surface area contributed by atoms with Gasteiger partial charge in [0.15, 0.2) is 0 Å². The molecule has 1 aromatic heterocycles. The number of hydrogen-bond acceptors (Lipinski definition) is 2. The maximum absolute atomic E-state index is 6.20. The highest BCUT2D eigenvalue weighted by Crippen LogP contribution is 2.28. The van der Waals surface area contributed by atoms with Crippen LogP contribution in [-0.2, 0) is 7.05 Å². The summed E-state index contributed by atoms with van der Waals surface area (Å²) >= 11 is 9.60. The number of nitrogens with zero attached hydrogens (tertiary/aromatic N) is 2. The fraction of sp³-hybridized carbons (Fsp3) is 0.250. The monoisotopic (exact) mass is 313 g/mol. The first-order valence-corrected chi connectivity index (χ1v) is 6.43. The zero-order valence-electron chi connectivity index (χ0n) is 9.61. The second kappa shape index (κ2) is 5.10. The Morgan fingerprint density at radius 2 is 2.24 bits per heavy atom. The minimum Gasteiger partial charge on any atom is -0.376 e. The summed E-state index contributed by atoms with van der Waals surface area (Å²) in [4.78, 5) is 0. The molecule has 0 aliphatic heterocycles. The molecule has 0 spiro atoms. The summed E-state index contributed by atoms with van der Waals surface area (Å²) in [5, 5.41) is 8.22. The standard InChI is InChI=1S/C12H13BrClN3/c1-8(16-10-6-15-17(2)7-10)11-4-3-9(13)5-12(11)14/h3-8,16H,1-2H3. The first kappa shape index (κ1) is 12.5. The SMILES string of the molecule is CC(Nc1cnn(C)c1)c1ccc(Br)cc1Cl. The molecule has 1 heterocycles. The molecule has 3 nitrogen and oxygen atoms in total. The first-order chi connectivity index (χ1) is 8.06. The number of aromatic nitrogens is 2. The second-order valence-electron chi connectivity index (χ2n) is 3.93. The molecular formula is C12H13BrClN3. The van der Waals surface area contributed by atoms with Crippen molar-refractivity contribution in [3.8, 4) is 0 Å². The van der Waals surface area contributed by atoms with Crippen molar-refractivity contribution in [3.05, 3.63) is 45.7 Å². The molecule has 5 heteroatoms. The van der Waals surface area contributed by atoms with E-state index in [-0.39, 0.29) is 6.04 Å². The van der Waals surface area contributed by atoms with Crippen LogP contribution in [0.15, 0.2) is 35.1 Å². The van der Waals surface area contributed by atoms with Crippen LogP contribution < -0.4 is 5.32 Å². The van der Waals surface area contributed by atoms with Gasteiger partial charge in [-0.2, -0.15) is 5.10 Å². The lowest BCUT2D eigenvalue weighted by molar-refractivity contribution is 0.767. The Hall–Kier alpha value is -1.000. The third kappa shape index (κ3) is 3.01. The van der Waals surface area contributed by atoms with Crippen LogP contribution in [0.2, 0.25) is 5.02 Å². The van der Waals surface area contributed by atoms with Gasteiger partial charge in [-0.25, -0.2) is 0 Å². The van der Waals surface area contributed by atoms with Crippen LogP contribution in [0.4, 0.5) is 5.69 Å². The van der Waals surface area contributed by atoms with Gasteiger partial charge in [0.05, 0.1) is 17.9 Å². The average Bonchev–Trinajstić information content (AvgIpc) is 2.63. The highest BCUT2D eigenvalue weighted by molar-refractivity contribution is 9.10. The number of benzene rings is 1. The van der Waals surface area contributed by atoms with E-state index in [9.17, 15) is 0 Å². The van der Waals surface area contributed by atoms with Gasteiger partial charge in [-0.3, -0.25) is 4.68 Å². The van der Waals surface area contributed by atoms with Gasteiger partial charge in [0.25, 0.3) is 0 Å². The molecule has 2 rings (SSSR count). The Balaban J connectivity index is 2.17. The number of anilines is 1. The summed E-state index contributed by atoms with van der Waals surface area (Å²) in [5.41, 5.74) is 2.05. The van der Waals surface area contributed by atoms with Gasteiger partial charge in [0, 0.05) is 22.7 Å². The maximum Gasteiger partial charge on any atom is 0.0731 e. The van der Waals surface area contributed by atoms with Crippen molar-refractivity contribution < 1.29 is 0 Å². The highest BCUT2D eigenvalue weighted by atomic mass is 79.9. The number of nitrogens with one attached hydrogen (secondary N) is 1. The molecule has 1 atom stereocenters. The third-order valence-electron chi connectivity index (χ3n) is 2.52. The van der Waals surface area contributed by atoms with Gasteiger partial charge in [-0.05, 0) is 24.6 Å². The van der Waals surface area contributed by atoms with E-state index < -0.39 is 0 Å². The summed E-state index contributed by atoms with van der Waals surface area (Å²) in [6.45, 7) is 2.07. The van der Waals surface area contributed by atoms with Gasteiger partial charge >= 0.3 is 0 Å². The largest absolute Gasteiger partial charge is 0.376 e. The zero-order chi connectivity index (χ0) is 12.4. The van der Waals surface area contributed by atoms with E-state index in [2.05, 4.69) is 33.3 Å². The van der Waals surface area contributed by atoms with E-state index in [1.54, 1.807) is 10.9 Å². The smallest absolute Gasteiger partial charge is 0.0731 e. The number of aryl methyl sites for hydroxylation is 1. The lowest BCUT2D eigenvalue weighted by Gasteiger charge is -2.15. The van der Waals surface area contributed by atoms with E-state index in [4.69, 9.17) is 11.6 Å². The molecule has 17 heavy (non-hydrogen) atoms. The van der Waals surface area contributed by atoms with E-state index >= 15 is 0 Å². The molecule has 0 aliphatic carbocycles. The number of hydrogen-bond donors (Lipinski definition) is 1. The molecule has 1 unspecified atom stereocenters. The number of rotatable bonds is 3. The minimum absolute atomic E-state index is 0.139. The molecule has 0 bridgehead atoms. The van der Waals surface area contributed by atoms with E-state index in [0.717, 1.165) is 20.7 Å². The van der Waals surface area contributed by atoms with Crippen LogP contribution in [0.1, 0.15) is 18.5 Å². The quantitative estimate of drug-likeness (QED) is 0.927. The molecule has 0 fully saturated rings. The van der Waals surface area contributed by atoms with Crippen molar-refractivity contribution in [2.45, 2.75) is 13.0 Å². The van der Waals surface area contributed by atoms with Crippen LogP contribution in [-0.4, -0.2) is 9.78 Å². The molecule has 0 amide bonds. The molecular weight excluding hydrogens is 302 g/mol. The van der Waals surface area contributed by atoms with Gasteiger partial charge in [0.1, 0.15) is 0 Å². The van der Waals surface area contributed by atoms with Gasteiger partial charge in [0.2, 0.25) is 0 Å². The fourth-order valence-corrected chi connectivity index (χ4v) is 2.51. The normalized spacial score (nSPS) is 12.5. The predicted octanol–water partition coefficient (Wildman–Crippen LogP) is 4.01. The van der Waals surface area contributed by atoms with Crippen molar-refractivity contribution in [1.82, 2.24) is 9.78 Å². The lowest BCUT2D eigenvalue weighted by Crippen LogP contribution is -2.06. The summed E-state index contributed by atoms with van der Waals surface area (Å²) < 4.78 is 2.75. The summed E-state index contributed by atoms with van der Waals surface area (Å²) in [6, 6.07) is 6.04. The first-order valence-electron chi connectivity index (χ1n) is 5.26. The fourth-order valence-electron chi connectivity index (χ4n) is 1.68. The van der Waals surface area contributed by atoms with E-state index in [1.807, 2.05) is 31.4 Å². The molecule has 90 valence electrons. The summed E-state index contributed by atoms with van der Waals surface area (Å²) in [5.74, 6) is 0. The van der Waals surface area contributed by atoms with E-state index in [1.165, 1.54) is 0 Å². The molecule has 0 aliphatic rings. The molecule has 2 aromatic rings. The van der Waals surface area contributed by atoms with Crippen molar-refractivity contribution >= 4 is 33.2 Å². The average molecular weight is 315 g/mol. The predicted molar refractivity (Wildman–Crippen MR) is 74.4 cm³/mol. The zero-order valence-corrected chi connectivity index (χ0v) is 12.0. The second-order valence-corrected chi connectivity index (χ2v) is 5.26. The molecule has 1 N–H and O–H groups in total. The van der Waals surface area contributed by atoms with Gasteiger partial charge < -0.3 is 5.32 Å². The van der Waals surface area contributed by atoms with Crippen LogP contribution >= 0.6 is 27.5 Å². The minimum atomic E-state index is 0.139. The van der Waals surface area contributed by atoms with Crippen molar-refractivity contribution in [2.75, 3.05) is 5.32 Å². The summed E-state index contributed by atoms with van der Waals surface area (Å²) in [6.07, 6.45) is 3.73. The Labute approximate surface area is 114 Å². The number of halogens is 2. The molecule has 0 saturated heterocycles. The highest BCUT2D eigenvalue weighted by Gasteiger charge is 2.10. The molecule has 0 saturated carbocycles. The van der Waals surface area contributed by atoms with Crippen molar-refractivity contribution in [3.63, 3.8) is 0 Å². The maximum atomic E-state index is 6.20. The Morgan fingerprint density at radius 3 is 2.82 bits per heavy atom. The third-order valence-corrected chi connectivity index (χ3v) is 3.34. The lowest BCUT2D eigenvalue weighted by atomic mass is 10.1. The Morgan fingerprint density at radius 1 is 1.47 bits per heavy atom. The Bertz CT molecular complexity index is 524. The van der Waals surface area contributed by atoms with Crippen LogP contribution in [0.5, 0.6) is 0 Å². The van der Waals surface area contributed by atoms with Crippen molar-refractivity contribution in [1.29, 1.82) is 0 Å².